The van der Waals surface area contributed by atoms with Crippen molar-refractivity contribution in [2.24, 2.45) is 5.73 Å². The predicted octanol–water partition coefficient (Wildman–Crippen LogP) is 4.00. The second-order valence-corrected chi connectivity index (χ2v) is 8.21. The first-order chi connectivity index (χ1) is 13.1. The summed E-state index contributed by atoms with van der Waals surface area (Å²) >= 11 is 6.21. The molecule has 0 unspecified atom stereocenters. The molecule has 0 radical (unpaired) electrons. The lowest BCUT2D eigenvalue weighted by atomic mass is 9.68. The van der Waals surface area contributed by atoms with Crippen molar-refractivity contribution < 1.29 is 4.79 Å². The van der Waals surface area contributed by atoms with Crippen LogP contribution in [0.2, 0.25) is 5.02 Å². The van der Waals surface area contributed by atoms with Crippen LogP contribution in [-0.4, -0.2) is 39.6 Å². The molecule has 4 rings (SSSR count). The number of nitrogens with zero attached hydrogens (tertiary/aromatic N) is 3. The summed E-state index contributed by atoms with van der Waals surface area (Å²) in [5, 5.41) is 8.65. The van der Waals surface area contributed by atoms with Crippen LogP contribution >= 0.6 is 24.0 Å². The molecule has 2 aliphatic rings. The fraction of sp³-hybridized carbons (Fsp3) is 0.476. The molecular formula is C21H26Cl2N4O. The lowest BCUT2D eigenvalue weighted by Crippen LogP contribution is -2.48. The maximum absolute atomic E-state index is 13.1. The van der Waals surface area contributed by atoms with E-state index in [9.17, 15) is 4.79 Å². The minimum Gasteiger partial charge on any atom is -0.331 e. The number of nitrogens with two attached hydrogens (primary N) is 1. The third kappa shape index (κ3) is 4.17. The summed E-state index contributed by atoms with van der Waals surface area (Å²) in [6, 6.07) is 12.2. The number of carbonyl (C=O) groups is 1. The maximum atomic E-state index is 13.1. The van der Waals surface area contributed by atoms with Crippen LogP contribution in [0.5, 0.6) is 0 Å². The number of amides is 1. The van der Waals surface area contributed by atoms with Crippen LogP contribution in [0.1, 0.15) is 54.6 Å². The first-order valence-electron chi connectivity index (χ1n) is 9.69. The van der Waals surface area contributed by atoms with Gasteiger partial charge >= 0.3 is 0 Å². The van der Waals surface area contributed by atoms with E-state index in [0.717, 1.165) is 43.5 Å². The largest absolute Gasteiger partial charge is 0.331 e. The van der Waals surface area contributed by atoms with E-state index in [-0.39, 0.29) is 29.8 Å². The average molecular weight is 421 g/mol. The fourth-order valence-corrected chi connectivity index (χ4v) is 4.58. The Balaban J connectivity index is 0.00000225. The smallest absolute Gasteiger partial charge is 0.274 e. The molecule has 2 fully saturated rings. The van der Waals surface area contributed by atoms with E-state index in [1.165, 1.54) is 5.56 Å². The molecule has 2 N–H and O–H groups in total. The minimum absolute atomic E-state index is 0. The Bertz CT molecular complexity index is 805. The Morgan fingerprint density at radius 3 is 2.43 bits per heavy atom. The van der Waals surface area contributed by atoms with Gasteiger partial charge in [-0.05, 0) is 68.4 Å². The van der Waals surface area contributed by atoms with Crippen LogP contribution in [-0.2, 0) is 5.41 Å². The predicted molar refractivity (Wildman–Crippen MR) is 113 cm³/mol. The van der Waals surface area contributed by atoms with Crippen molar-refractivity contribution in [3.05, 3.63) is 58.9 Å². The highest BCUT2D eigenvalue weighted by Gasteiger charge is 2.43. The van der Waals surface area contributed by atoms with Crippen LogP contribution in [0.15, 0.2) is 42.6 Å². The third-order valence-corrected chi connectivity index (χ3v) is 6.33. The van der Waals surface area contributed by atoms with Crippen LogP contribution in [0, 0.1) is 0 Å². The zero-order valence-electron chi connectivity index (χ0n) is 15.8. The van der Waals surface area contributed by atoms with E-state index in [1.807, 2.05) is 18.2 Å². The van der Waals surface area contributed by atoms with Gasteiger partial charge in [-0.25, -0.2) is 0 Å². The number of hydrogen-bond acceptors (Lipinski definition) is 4. The van der Waals surface area contributed by atoms with Crippen molar-refractivity contribution >= 4 is 29.9 Å². The molecule has 0 aliphatic heterocycles. The Morgan fingerprint density at radius 2 is 1.86 bits per heavy atom. The molecule has 7 heteroatoms. The summed E-state index contributed by atoms with van der Waals surface area (Å²) in [6.07, 6.45) is 7.59. The molecule has 1 amide bonds. The Hall–Kier alpha value is -1.69. The summed E-state index contributed by atoms with van der Waals surface area (Å²) < 4.78 is 0. The van der Waals surface area contributed by atoms with E-state index in [4.69, 9.17) is 17.3 Å². The van der Waals surface area contributed by atoms with Gasteiger partial charge in [-0.2, -0.15) is 5.10 Å². The Morgan fingerprint density at radius 1 is 1.14 bits per heavy atom. The van der Waals surface area contributed by atoms with Gasteiger partial charge in [0, 0.05) is 35.3 Å². The topological polar surface area (TPSA) is 72.1 Å². The van der Waals surface area contributed by atoms with Gasteiger partial charge in [0.25, 0.3) is 5.91 Å². The maximum Gasteiger partial charge on any atom is 0.274 e. The molecule has 0 bridgehead atoms. The highest BCUT2D eigenvalue weighted by Crippen LogP contribution is 2.43. The molecule has 2 aromatic rings. The van der Waals surface area contributed by atoms with E-state index >= 15 is 0 Å². The number of carbonyl (C=O) groups excluding carboxylic acids is 1. The molecular weight excluding hydrogens is 395 g/mol. The number of rotatable bonds is 5. The van der Waals surface area contributed by atoms with Crippen LogP contribution in [0.25, 0.3) is 0 Å². The van der Waals surface area contributed by atoms with Crippen LogP contribution in [0.4, 0.5) is 0 Å². The number of benzene rings is 1. The van der Waals surface area contributed by atoms with E-state index < -0.39 is 0 Å². The first-order valence-corrected chi connectivity index (χ1v) is 10.1. The second-order valence-electron chi connectivity index (χ2n) is 7.78. The van der Waals surface area contributed by atoms with Gasteiger partial charge in [0.15, 0.2) is 5.69 Å². The summed E-state index contributed by atoms with van der Waals surface area (Å²) in [4.78, 5) is 15.1. The van der Waals surface area contributed by atoms with Crippen LogP contribution < -0.4 is 5.73 Å². The zero-order valence-corrected chi connectivity index (χ0v) is 17.3. The van der Waals surface area contributed by atoms with Gasteiger partial charge in [-0.1, -0.05) is 23.7 Å². The normalized spacial score (nSPS) is 24.3. The molecule has 2 aliphatic carbocycles. The van der Waals surface area contributed by atoms with E-state index in [1.54, 1.807) is 18.3 Å². The van der Waals surface area contributed by atoms with Crippen molar-refractivity contribution in [3.63, 3.8) is 0 Å². The highest BCUT2D eigenvalue weighted by molar-refractivity contribution is 6.30. The summed E-state index contributed by atoms with van der Waals surface area (Å²) in [6.45, 7) is 0.599. The van der Waals surface area contributed by atoms with Gasteiger partial charge in [0.2, 0.25) is 0 Å². The van der Waals surface area contributed by atoms with Gasteiger partial charge in [0.1, 0.15) is 0 Å². The highest BCUT2D eigenvalue weighted by atomic mass is 35.5. The Labute approximate surface area is 177 Å². The van der Waals surface area contributed by atoms with Crippen molar-refractivity contribution in [2.45, 2.75) is 56.0 Å². The molecule has 1 aromatic carbocycles. The number of halogens is 2. The van der Waals surface area contributed by atoms with E-state index in [2.05, 4.69) is 21.2 Å². The van der Waals surface area contributed by atoms with E-state index in [0.29, 0.717) is 18.3 Å². The molecule has 28 heavy (non-hydrogen) atoms. The molecule has 0 spiro atoms. The molecule has 2 saturated carbocycles. The standard InChI is InChI=1S/C21H25ClN4O.ClH/c22-16-4-1-3-15(13-16)21(14-23)10-8-18(9-11-21)26(17-6-7-17)20(27)19-5-2-12-24-25-19;/h1-5,12-13,17-18H,6-11,14,23H2;1H/t18-,21+;. The average Bonchev–Trinajstić information content (AvgIpc) is 3.54. The number of aromatic nitrogens is 2. The third-order valence-electron chi connectivity index (χ3n) is 6.10. The molecule has 0 atom stereocenters. The van der Waals surface area contributed by atoms with Crippen molar-refractivity contribution in [1.29, 1.82) is 0 Å². The zero-order chi connectivity index (χ0) is 18.9. The summed E-state index contributed by atoms with van der Waals surface area (Å²) in [5.74, 6) is 0.0126. The Kier molecular flexibility index (Phi) is 6.58. The molecule has 150 valence electrons. The second kappa shape index (κ2) is 8.76. The number of hydrogen-bond donors (Lipinski definition) is 1. The summed E-state index contributed by atoms with van der Waals surface area (Å²) in [5.41, 5.74) is 7.83. The SMILES string of the molecule is Cl.NC[C@]1(c2cccc(Cl)c2)CC[C@@H](N(C(=O)c2cccnn2)C2CC2)CC1. The molecule has 1 aromatic heterocycles. The first kappa shape index (κ1) is 21.0. The van der Waals surface area contributed by atoms with Crippen LogP contribution in [0.3, 0.4) is 0 Å². The quantitative estimate of drug-likeness (QED) is 0.792. The monoisotopic (exact) mass is 420 g/mol. The van der Waals surface area contributed by atoms with Crippen molar-refractivity contribution in [2.75, 3.05) is 6.54 Å². The molecule has 1 heterocycles. The van der Waals surface area contributed by atoms with Crippen molar-refractivity contribution in [3.8, 4) is 0 Å². The molecule has 5 nitrogen and oxygen atoms in total. The van der Waals surface area contributed by atoms with Gasteiger partial charge in [0.05, 0.1) is 0 Å². The minimum atomic E-state index is -0.0494. The van der Waals surface area contributed by atoms with Gasteiger partial charge in [-0.15, -0.1) is 17.5 Å². The summed E-state index contributed by atoms with van der Waals surface area (Å²) in [7, 11) is 0. The van der Waals surface area contributed by atoms with Gasteiger partial charge in [-0.3, -0.25) is 4.79 Å². The lowest BCUT2D eigenvalue weighted by Gasteiger charge is -2.43. The lowest BCUT2D eigenvalue weighted by molar-refractivity contribution is 0.0565. The van der Waals surface area contributed by atoms with Crippen molar-refractivity contribution in [1.82, 2.24) is 15.1 Å². The molecule has 0 saturated heterocycles. The fourth-order valence-electron chi connectivity index (χ4n) is 4.39. The van der Waals surface area contributed by atoms with Gasteiger partial charge < -0.3 is 10.6 Å².